The van der Waals surface area contributed by atoms with Crippen molar-refractivity contribution in [3.8, 4) is 5.75 Å². The molecule has 196 valence electrons. The normalized spacial score (nSPS) is 18.8. The van der Waals surface area contributed by atoms with Gasteiger partial charge in [0.15, 0.2) is 11.6 Å². The average molecular weight is 510 g/mol. The van der Waals surface area contributed by atoms with Crippen molar-refractivity contribution in [2.45, 2.75) is 57.3 Å². The van der Waals surface area contributed by atoms with Gasteiger partial charge in [-0.05, 0) is 57.0 Å². The van der Waals surface area contributed by atoms with Gasteiger partial charge in [-0.1, -0.05) is 29.4 Å². The van der Waals surface area contributed by atoms with Crippen molar-refractivity contribution in [2.75, 3.05) is 13.2 Å². The lowest BCUT2D eigenvalue weighted by Crippen LogP contribution is -2.46. The van der Waals surface area contributed by atoms with E-state index in [-0.39, 0.29) is 31.0 Å². The number of hydrogen-bond acceptors (Lipinski definition) is 8. The van der Waals surface area contributed by atoms with Crippen LogP contribution in [0.4, 0.5) is 5.69 Å². The lowest BCUT2D eigenvalue weighted by molar-refractivity contribution is -0.155. The van der Waals surface area contributed by atoms with Crippen molar-refractivity contribution in [3.63, 3.8) is 0 Å². The van der Waals surface area contributed by atoms with E-state index >= 15 is 0 Å². The average Bonchev–Trinajstić information content (AvgIpc) is 3.24. The predicted molar refractivity (Wildman–Crippen MR) is 136 cm³/mol. The van der Waals surface area contributed by atoms with Gasteiger partial charge in [-0.3, -0.25) is 9.59 Å². The Hall–Kier alpha value is -4.08. The molecule has 0 bridgehead atoms. The number of primary amides is 1. The quantitative estimate of drug-likeness (QED) is 0.151. The van der Waals surface area contributed by atoms with Gasteiger partial charge < -0.3 is 25.1 Å². The second-order valence-corrected chi connectivity index (χ2v) is 9.49. The SMILES string of the molecule is CC(C)(C)OC(=O)CC[C@]1(C(N)=O)N=C(c2ccc(OCCCO)cc2)O[C@H]1c1ccccc1N=[N+]=[N-]. The van der Waals surface area contributed by atoms with E-state index in [4.69, 9.17) is 30.6 Å². The summed E-state index contributed by atoms with van der Waals surface area (Å²) in [5.41, 5.74) is 13.8. The van der Waals surface area contributed by atoms with Crippen molar-refractivity contribution < 1.29 is 28.9 Å². The standard InChI is InChI=1S/C26H31N5O6/c1-25(2,3)37-21(33)13-14-26(24(27)34)22(19-7-4-5-8-20(19)30-31-28)36-23(29-26)17-9-11-18(12-10-17)35-16-6-15-32/h4-5,7-12,22,32H,6,13-16H2,1-3H3,(H2,27,34)/t22-,26-/m0/s1. The van der Waals surface area contributed by atoms with Crippen molar-refractivity contribution in [3.05, 3.63) is 70.1 Å². The Bertz CT molecular complexity index is 1200. The summed E-state index contributed by atoms with van der Waals surface area (Å²) >= 11 is 0. The Kier molecular flexibility index (Phi) is 8.75. The van der Waals surface area contributed by atoms with Crippen molar-refractivity contribution in [1.29, 1.82) is 0 Å². The second-order valence-electron chi connectivity index (χ2n) is 9.49. The second kappa shape index (κ2) is 11.8. The lowest BCUT2D eigenvalue weighted by atomic mass is 9.83. The summed E-state index contributed by atoms with van der Waals surface area (Å²) < 4.78 is 17.2. The van der Waals surface area contributed by atoms with Crippen LogP contribution < -0.4 is 10.5 Å². The number of aliphatic imine (C=N–C) groups is 1. The molecule has 0 aliphatic carbocycles. The molecule has 1 amide bonds. The number of aliphatic hydroxyl groups excluding tert-OH is 1. The van der Waals surface area contributed by atoms with E-state index in [0.717, 1.165) is 0 Å². The Labute approximate surface area is 214 Å². The van der Waals surface area contributed by atoms with Gasteiger partial charge in [-0.15, -0.1) is 0 Å². The monoisotopic (exact) mass is 509 g/mol. The van der Waals surface area contributed by atoms with Crippen molar-refractivity contribution >= 4 is 23.5 Å². The summed E-state index contributed by atoms with van der Waals surface area (Å²) in [6.07, 6.45) is -0.774. The predicted octanol–water partition coefficient (Wildman–Crippen LogP) is 4.25. The van der Waals surface area contributed by atoms with Crippen LogP contribution in [0.5, 0.6) is 5.75 Å². The van der Waals surface area contributed by atoms with Gasteiger partial charge in [-0.25, -0.2) is 4.99 Å². The number of ether oxygens (including phenoxy) is 3. The van der Waals surface area contributed by atoms with Gasteiger partial charge in [0.1, 0.15) is 11.4 Å². The van der Waals surface area contributed by atoms with E-state index in [0.29, 0.717) is 29.9 Å². The number of benzene rings is 2. The van der Waals surface area contributed by atoms with Gasteiger partial charge in [-0.2, -0.15) is 0 Å². The van der Waals surface area contributed by atoms with Gasteiger partial charge in [0.2, 0.25) is 11.8 Å². The van der Waals surface area contributed by atoms with Crippen LogP contribution in [0.2, 0.25) is 0 Å². The van der Waals surface area contributed by atoms with Crippen molar-refractivity contribution in [2.24, 2.45) is 15.8 Å². The van der Waals surface area contributed by atoms with E-state index < -0.39 is 29.1 Å². The molecule has 11 nitrogen and oxygen atoms in total. The molecule has 0 saturated heterocycles. The van der Waals surface area contributed by atoms with Crippen LogP contribution in [-0.4, -0.2) is 47.2 Å². The minimum Gasteiger partial charge on any atom is -0.494 e. The van der Waals surface area contributed by atoms with Crippen LogP contribution in [0.15, 0.2) is 58.6 Å². The van der Waals surface area contributed by atoms with E-state index in [1.165, 1.54) is 0 Å². The van der Waals surface area contributed by atoms with E-state index in [2.05, 4.69) is 15.0 Å². The third-order valence-electron chi connectivity index (χ3n) is 5.57. The first-order valence-electron chi connectivity index (χ1n) is 11.9. The maximum absolute atomic E-state index is 13.0. The number of nitrogens with two attached hydrogens (primary N) is 1. The largest absolute Gasteiger partial charge is 0.494 e. The molecule has 37 heavy (non-hydrogen) atoms. The zero-order valence-corrected chi connectivity index (χ0v) is 21.1. The molecule has 2 aromatic rings. The molecule has 0 aromatic heterocycles. The molecule has 0 spiro atoms. The number of amides is 1. The van der Waals surface area contributed by atoms with Gasteiger partial charge in [0.25, 0.3) is 0 Å². The molecule has 3 N–H and O–H groups in total. The molecule has 0 radical (unpaired) electrons. The minimum atomic E-state index is -1.66. The van der Waals surface area contributed by atoms with Crippen LogP contribution >= 0.6 is 0 Å². The number of azide groups is 1. The molecule has 0 saturated carbocycles. The first-order valence-corrected chi connectivity index (χ1v) is 11.9. The Balaban J connectivity index is 2.01. The topological polar surface area (TPSA) is 169 Å². The Morgan fingerprint density at radius 3 is 2.54 bits per heavy atom. The number of hydrogen-bond donors (Lipinski definition) is 2. The summed E-state index contributed by atoms with van der Waals surface area (Å²) in [7, 11) is 0. The summed E-state index contributed by atoms with van der Waals surface area (Å²) in [5.74, 6) is -0.572. The summed E-state index contributed by atoms with van der Waals surface area (Å²) in [6, 6.07) is 13.5. The van der Waals surface area contributed by atoms with Crippen LogP contribution in [-0.2, 0) is 19.1 Å². The smallest absolute Gasteiger partial charge is 0.306 e. The molecule has 11 heteroatoms. The van der Waals surface area contributed by atoms with Crippen LogP contribution in [0.25, 0.3) is 10.4 Å². The zero-order valence-electron chi connectivity index (χ0n) is 21.1. The van der Waals surface area contributed by atoms with Gasteiger partial charge >= 0.3 is 5.97 Å². The number of rotatable bonds is 11. The molecular formula is C26H31N5O6. The highest BCUT2D eigenvalue weighted by atomic mass is 16.6. The van der Waals surface area contributed by atoms with E-state index in [1.807, 2.05) is 0 Å². The zero-order chi connectivity index (χ0) is 27.1. The van der Waals surface area contributed by atoms with Crippen molar-refractivity contribution in [1.82, 2.24) is 0 Å². The van der Waals surface area contributed by atoms with Crippen LogP contribution in [0.1, 0.15) is 57.3 Å². The third kappa shape index (κ3) is 6.78. The summed E-state index contributed by atoms with van der Waals surface area (Å²) in [4.78, 5) is 33.0. The van der Waals surface area contributed by atoms with Gasteiger partial charge in [0, 0.05) is 41.2 Å². The first kappa shape index (κ1) is 27.5. The number of carbonyl (C=O) groups excluding carboxylic acids is 2. The van der Waals surface area contributed by atoms with E-state index in [1.54, 1.807) is 69.3 Å². The maximum Gasteiger partial charge on any atom is 0.306 e. The molecular weight excluding hydrogens is 478 g/mol. The summed E-state index contributed by atoms with van der Waals surface area (Å²) in [5, 5.41) is 12.7. The number of nitrogens with zero attached hydrogens (tertiary/aromatic N) is 4. The molecule has 3 rings (SSSR count). The number of aliphatic hydroxyl groups is 1. The molecule has 0 fully saturated rings. The highest BCUT2D eigenvalue weighted by Crippen LogP contribution is 2.45. The fourth-order valence-corrected chi connectivity index (χ4v) is 3.91. The molecule has 1 aliphatic heterocycles. The lowest BCUT2D eigenvalue weighted by Gasteiger charge is -2.29. The first-order chi connectivity index (χ1) is 17.6. The number of carbonyl (C=O) groups is 2. The summed E-state index contributed by atoms with van der Waals surface area (Å²) in [6.45, 7) is 5.64. The Morgan fingerprint density at radius 1 is 1.22 bits per heavy atom. The fourth-order valence-electron chi connectivity index (χ4n) is 3.91. The molecule has 0 unspecified atom stereocenters. The van der Waals surface area contributed by atoms with Gasteiger partial charge in [0.05, 0.1) is 6.61 Å². The minimum absolute atomic E-state index is 0.0277. The Morgan fingerprint density at radius 2 is 1.92 bits per heavy atom. The van der Waals surface area contributed by atoms with Crippen LogP contribution in [0.3, 0.4) is 0 Å². The highest BCUT2D eigenvalue weighted by Gasteiger charge is 2.52. The molecule has 1 aliphatic rings. The molecule has 1 heterocycles. The molecule has 2 atom stereocenters. The third-order valence-corrected chi connectivity index (χ3v) is 5.57. The number of esters is 1. The fraction of sp³-hybridized carbons (Fsp3) is 0.423. The van der Waals surface area contributed by atoms with E-state index in [9.17, 15) is 9.59 Å². The highest BCUT2D eigenvalue weighted by molar-refractivity contribution is 6.01. The van der Waals surface area contributed by atoms with Crippen LogP contribution in [0, 0.1) is 0 Å². The maximum atomic E-state index is 13.0. The molecule has 2 aromatic carbocycles.